The van der Waals surface area contributed by atoms with Crippen molar-refractivity contribution in [3.63, 3.8) is 0 Å². The van der Waals surface area contributed by atoms with Gasteiger partial charge in [0.2, 0.25) is 5.91 Å². The highest BCUT2D eigenvalue weighted by Gasteiger charge is 2.24. The predicted molar refractivity (Wildman–Crippen MR) is 63.5 cm³/mol. The van der Waals surface area contributed by atoms with Crippen molar-refractivity contribution < 1.29 is 14.7 Å². The number of aliphatic carboxylic acids is 1. The van der Waals surface area contributed by atoms with Gasteiger partial charge in [0, 0.05) is 6.42 Å². The number of carbonyl (C=O) groups excluding carboxylic acids is 1. The van der Waals surface area contributed by atoms with Gasteiger partial charge in [-0.15, -0.1) is 0 Å². The van der Waals surface area contributed by atoms with Gasteiger partial charge < -0.3 is 15.7 Å². The van der Waals surface area contributed by atoms with Gasteiger partial charge in [0.1, 0.15) is 6.04 Å². The second-order valence-corrected chi connectivity index (χ2v) is 4.95. The van der Waals surface area contributed by atoms with Crippen molar-refractivity contribution in [2.75, 3.05) is 25.1 Å². The Kier molecular flexibility index (Phi) is 5.62. The number of thioether (sulfide) groups is 1. The minimum Gasteiger partial charge on any atom is -0.480 e. The van der Waals surface area contributed by atoms with Crippen LogP contribution in [0.1, 0.15) is 12.8 Å². The van der Waals surface area contributed by atoms with Crippen LogP contribution in [-0.2, 0) is 9.59 Å². The van der Waals surface area contributed by atoms with E-state index in [-0.39, 0.29) is 5.91 Å². The Balaban J connectivity index is 2.28. The summed E-state index contributed by atoms with van der Waals surface area (Å²) in [5, 5.41) is 14.6. The van der Waals surface area contributed by atoms with Gasteiger partial charge in [0.25, 0.3) is 0 Å². The van der Waals surface area contributed by atoms with Crippen molar-refractivity contribution in [1.82, 2.24) is 10.6 Å². The van der Waals surface area contributed by atoms with Crippen LogP contribution in [0.15, 0.2) is 0 Å². The van der Waals surface area contributed by atoms with Gasteiger partial charge >= 0.3 is 5.97 Å². The third-order valence-electron chi connectivity index (χ3n) is 2.58. The zero-order chi connectivity index (χ0) is 12.0. The number of carbonyl (C=O) groups is 2. The minimum absolute atomic E-state index is 0.153. The molecule has 1 fully saturated rings. The van der Waals surface area contributed by atoms with Crippen LogP contribution in [0.5, 0.6) is 0 Å². The molecular formula is C10H18N2O3S. The predicted octanol–water partition coefficient (Wildman–Crippen LogP) is -0.0816. The summed E-state index contributed by atoms with van der Waals surface area (Å²) in [4.78, 5) is 22.4. The summed E-state index contributed by atoms with van der Waals surface area (Å²) < 4.78 is 0. The lowest BCUT2D eigenvalue weighted by Gasteiger charge is -2.26. The van der Waals surface area contributed by atoms with E-state index in [1.165, 1.54) is 0 Å². The average Bonchev–Trinajstić information content (AvgIpc) is 2.18. The van der Waals surface area contributed by atoms with Gasteiger partial charge in [0.15, 0.2) is 0 Å². The van der Waals surface area contributed by atoms with Crippen molar-refractivity contribution >= 4 is 23.6 Å². The van der Waals surface area contributed by atoms with E-state index in [2.05, 4.69) is 10.6 Å². The van der Waals surface area contributed by atoms with E-state index >= 15 is 0 Å². The molecule has 1 saturated heterocycles. The minimum atomic E-state index is -0.950. The first-order valence-corrected chi connectivity index (χ1v) is 6.74. The Labute approximate surface area is 99.4 Å². The van der Waals surface area contributed by atoms with Crippen molar-refractivity contribution in [2.24, 2.45) is 5.92 Å². The zero-order valence-corrected chi connectivity index (χ0v) is 10.2. The average molecular weight is 246 g/mol. The Morgan fingerprint density at radius 1 is 1.56 bits per heavy atom. The molecule has 5 nitrogen and oxygen atoms in total. The topological polar surface area (TPSA) is 78.4 Å². The van der Waals surface area contributed by atoms with Crippen LogP contribution in [0.2, 0.25) is 0 Å². The molecule has 16 heavy (non-hydrogen) atoms. The van der Waals surface area contributed by atoms with Crippen LogP contribution >= 0.6 is 11.8 Å². The molecule has 0 radical (unpaired) electrons. The summed E-state index contributed by atoms with van der Waals surface area (Å²) in [6.45, 7) is 1.71. The molecule has 1 unspecified atom stereocenters. The Morgan fingerprint density at radius 2 is 2.25 bits per heavy atom. The van der Waals surface area contributed by atoms with Crippen LogP contribution in [0, 0.1) is 5.92 Å². The fourth-order valence-corrected chi connectivity index (χ4v) is 1.97. The van der Waals surface area contributed by atoms with E-state index < -0.39 is 12.0 Å². The van der Waals surface area contributed by atoms with Gasteiger partial charge in [-0.25, -0.2) is 4.79 Å². The van der Waals surface area contributed by atoms with E-state index in [4.69, 9.17) is 5.11 Å². The fourth-order valence-electron chi connectivity index (χ4n) is 1.50. The molecule has 6 heteroatoms. The maximum Gasteiger partial charge on any atom is 0.326 e. The van der Waals surface area contributed by atoms with Gasteiger partial charge in [-0.05, 0) is 37.4 Å². The number of hydrogen-bond acceptors (Lipinski definition) is 4. The molecule has 0 saturated carbocycles. The fraction of sp³-hybridized carbons (Fsp3) is 0.800. The van der Waals surface area contributed by atoms with Crippen molar-refractivity contribution in [2.45, 2.75) is 18.9 Å². The molecule has 92 valence electrons. The molecule has 0 aromatic heterocycles. The first-order valence-electron chi connectivity index (χ1n) is 5.35. The van der Waals surface area contributed by atoms with E-state index in [1.54, 1.807) is 11.8 Å². The van der Waals surface area contributed by atoms with Gasteiger partial charge in [0.05, 0.1) is 0 Å². The second-order valence-electron chi connectivity index (χ2n) is 3.97. The van der Waals surface area contributed by atoms with Crippen molar-refractivity contribution in [1.29, 1.82) is 0 Å². The standard InChI is InChI=1S/C10H18N2O3S/c1-16-3-2-8(10(14)15)12-9(13)4-7-5-11-6-7/h7-8,11H,2-6H2,1H3,(H,12,13)(H,14,15). The molecular weight excluding hydrogens is 228 g/mol. The molecule has 1 aliphatic rings. The maximum absolute atomic E-state index is 11.5. The van der Waals surface area contributed by atoms with Gasteiger partial charge in [-0.3, -0.25) is 4.79 Å². The van der Waals surface area contributed by atoms with Crippen LogP contribution in [0.4, 0.5) is 0 Å². The Hall–Kier alpha value is -0.750. The molecule has 1 rings (SSSR count). The molecule has 1 heterocycles. The monoisotopic (exact) mass is 246 g/mol. The maximum atomic E-state index is 11.5. The number of amides is 1. The third-order valence-corrected chi connectivity index (χ3v) is 3.23. The first kappa shape index (κ1) is 13.3. The summed E-state index contributed by atoms with van der Waals surface area (Å²) >= 11 is 1.58. The molecule has 0 aromatic rings. The van der Waals surface area contributed by atoms with Crippen LogP contribution < -0.4 is 10.6 Å². The molecule has 1 amide bonds. The summed E-state index contributed by atoms with van der Waals surface area (Å²) in [5.74, 6) is 0.00604. The van der Waals surface area contributed by atoms with E-state index in [9.17, 15) is 9.59 Å². The lowest BCUT2D eigenvalue weighted by molar-refractivity contribution is -0.142. The van der Waals surface area contributed by atoms with Gasteiger partial charge in [-0.2, -0.15) is 11.8 Å². The lowest BCUT2D eigenvalue weighted by atomic mass is 9.99. The van der Waals surface area contributed by atoms with Crippen LogP contribution in [-0.4, -0.2) is 48.1 Å². The highest BCUT2D eigenvalue weighted by molar-refractivity contribution is 7.98. The molecule has 0 bridgehead atoms. The number of nitrogens with one attached hydrogen (secondary N) is 2. The smallest absolute Gasteiger partial charge is 0.326 e. The normalized spacial score (nSPS) is 17.6. The molecule has 0 spiro atoms. The molecule has 3 N–H and O–H groups in total. The Bertz CT molecular complexity index is 256. The first-order chi connectivity index (χ1) is 7.63. The highest BCUT2D eigenvalue weighted by atomic mass is 32.2. The largest absolute Gasteiger partial charge is 0.480 e. The van der Waals surface area contributed by atoms with E-state index in [0.717, 1.165) is 18.8 Å². The highest BCUT2D eigenvalue weighted by Crippen LogP contribution is 2.08. The number of carboxylic acid groups (broad SMARTS) is 1. The van der Waals surface area contributed by atoms with Crippen molar-refractivity contribution in [3.05, 3.63) is 0 Å². The number of hydrogen-bond donors (Lipinski definition) is 3. The molecule has 1 aliphatic heterocycles. The molecule has 0 aliphatic carbocycles. The van der Waals surface area contributed by atoms with E-state index in [0.29, 0.717) is 18.8 Å². The van der Waals surface area contributed by atoms with Crippen LogP contribution in [0.3, 0.4) is 0 Å². The summed E-state index contributed by atoms with van der Waals surface area (Å²) in [6.07, 6.45) is 2.82. The third kappa shape index (κ3) is 4.40. The van der Waals surface area contributed by atoms with Crippen LogP contribution in [0.25, 0.3) is 0 Å². The SMILES string of the molecule is CSCCC(NC(=O)CC1CNC1)C(=O)O. The molecule has 0 aromatic carbocycles. The summed E-state index contributed by atoms with van der Waals surface area (Å²) in [7, 11) is 0. The van der Waals surface area contributed by atoms with Crippen molar-refractivity contribution in [3.8, 4) is 0 Å². The van der Waals surface area contributed by atoms with E-state index in [1.807, 2.05) is 6.26 Å². The second kappa shape index (κ2) is 6.75. The lowest BCUT2D eigenvalue weighted by Crippen LogP contribution is -2.47. The quantitative estimate of drug-likeness (QED) is 0.585. The summed E-state index contributed by atoms with van der Waals surface area (Å²) in [6, 6.07) is -0.743. The summed E-state index contributed by atoms with van der Waals surface area (Å²) in [5.41, 5.74) is 0. The Morgan fingerprint density at radius 3 is 2.69 bits per heavy atom. The number of rotatable bonds is 7. The molecule has 1 atom stereocenters. The number of carboxylic acids is 1. The van der Waals surface area contributed by atoms with Gasteiger partial charge in [-0.1, -0.05) is 0 Å². The zero-order valence-electron chi connectivity index (χ0n) is 9.36.